The molecule has 3 aromatic rings. The van der Waals surface area contributed by atoms with Crippen LogP contribution in [-0.2, 0) is 19.9 Å². The topological polar surface area (TPSA) is 101 Å². The first-order valence-electron chi connectivity index (χ1n) is 10.6. The lowest BCUT2D eigenvalue weighted by Crippen LogP contribution is -2.34. The highest BCUT2D eigenvalue weighted by molar-refractivity contribution is 7.90. The molecule has 1 aliphatic heterocycles. The van der Waals surface area contributed by atoms with Crippen LogP contribution in [-0.4, -0.2) is 56.7 Å². The zero-order chi connectivity index (χ0) is 24.0. The van der Waals surface area contributed by atoms with Crippen LogP contribution in [0, 0.1) is 6.92 Å². The Morgan fingerprint density at radius 1 is 1.03 bits per heavy atom. The summed E-state index contributed by atoms with van der Waals surface area (Å²) in [5.41, 5.74) is 2.63. The summed E-state index contributed by atoms with van der Waals surface area (Å²) in [6.07, 6.45) is 2.43. The number of hydrogen-bond acceptors (Lipinski definition) is 7. The lowest BCUT2D eigenvalue weighted by molar-refractivity contribution is 0.198. The number of nitrogens with zero attached hydrogens (tertiary/aromatic N) is 3. The number of aromatic nitrogens is 1. The molecule has 0 N–H and O–H groups in total. The van der Waals surface area contributed by atoms with Gasteiger partial charge >= 0.3 is 0 Å². The molecule has 10 heteroatoms. The van der Waals surface area contributed by atoms with Crippen LogP contribution >= 0.6 is 0 Å². The molecular weight excluding hydrogens is 462 g/mol. The van der Waals surface area contributed by atoms with E-state index < -0.39 is 19.9 Å². The summed E-state index contributed by atoms with van der Waals surface area (Å²) < 4.78 is 56.8. The summed E-state index contributed by atoms with van der Waals surface area (Å²) in [5, 5.41) is 3.62. The molecule has 1 fully saturated rings. The maximum absolute atomic E-state index is 13.2. The first kappa shape index (κ1) is 23.6. The van der Waals surface area contributed by atoms with Crippen molar-refractivity contribution in [3.8, 4) is 11.1 Å². The molecule has 1 aromatic heterocycles. The van der Waals surface area contributed by atoms with Gasteiger partial charge in [0, 0.05) is 18.8 Å². The van der Waals surface area contributed by atoms with Crippen molar-refractivity contribution in [3.63, 3.8) is 0 Å². The van der Waals surface area contributed by atoms with Gasteiger partial charge in [-0.25, -0.2) is 16.8 Å². The van der Waals surface area contributed by atoms with Gasteiger partial charge in [0.2, 0.25) is 10.0 Å². The number of benzene rings is 2. The average Bonchev–Trinajstić information content (AvgIpc) is 3.41. The summed E-state index contributed by atoms with van der Waals surface area (Å²) in [7, 11) is -7.07. The van der Waals surface area contributed by atoms with Gasteiger partial charge in [0.1, 0.15) is 4.90 Å². The number of aryl methyl sites for hydroxylation is 1. The fraction of sp³-hybridized carbons (Fsp3) is 0.348. The van der Waals surface area contributed by atoms with Gasteiger partial charge in [0.25, 0.3) is 0 Å². The number of sulfonamides is 1. The highest BCUT2D eigenvalue weighted by Crippen LogP contribution is 2.35. The van der Waals surface area contributed by atoms with E-state index in [-0.39, 0.29) is 40.8 Å². The minimum Gasteiger partial charge on any atom is -0.360 e. The largest absolute Gasteiger partial charge is 0.360 e. The van der Waals surface area contributed by atoms with Gasteiger partial charge in [0.05, 0.1) is 23.8 Å². The van der Waals surface area contributed by atoms with Crippen molar-refractivity contribution in [2.75, 3.05) is 19.5 Å². The third-order valence-corrected chi connectivity index (χ3v) is 8.96. The van der Waals surface area contributed by atoms with Crippen molar-refractivity contribution >= 4 is 19.9 Å². The fourth-order valence-corrected chi connectivity index (χ4v) is 6.28. The molecule has 176 valence electrons. The lowest BCUT2D eigenvalue weighted by Gasteiger charge is -2.27. The summed E-state index contributed by atoms with van der Waals surface area (Å²) in [4.78, 5) is 2.47. The molecule has 1 aliphatic rings. The third kappa shape index (κ3) is 4.61. The predicted molar refractivity (Wildman–Crippen MR) is 125 cm³/mol. The van der Waals surface area contributed by atoms with Crippen LogP contribution in [0.15, 0.2) is 69.0 Å². The Kier molecular flexibility index (Phi) is 6.21. The van der Waals surface area contributed by atoms with Crippen molar-refractivity contribution in [2.45, 2.75) is 42.6 Å². The highest BCUT2D eigenvalue weighted by atomic mass is 32.2. The third-order valence-electron chi connectivity index (χ3n) is 5.95. The molecule has 0 saturated carbocycles. The summed E-state index contributed by atoms with van der Waals surface area (Å²) in [6.45, 7) is 6.20. The molecule has 0 bridgehead atoms. The predicted octanol–water partition coefficient (Wildman–Crippen LogP) is 3.47. The first-order valence-corrected chi connectivity index (χ1v) is 13.9. The molecule has 4 rings (SSSR count). The Balaban J connectivity index is 1.69. The maximum atomic E-state index is 13.2. The SMILES string of the molecule is Cc1oncc1S(=O)(=O)N1CC(c2cccc(-c3cccc(S(C)(=O)=O)c3)c2)N(C(C)C)C1. The number of sulfone groups is 1. The molecule has 1 saturated heterocycles. The molecule has 0 amide bonds. The maximum Gasteiger partial charge on any atom is 0.249 e. The molecule has 8 nitrogen and oxygen atoms in total. The zero-order valence-electron chi connectivity index (χ0n) is 19.0. The quantitative estimate of drug-likeness (QED) is 0.523. The van der Waals surface area contributed by atoms with E-state index in [4.69, 9.17) is 4.52 Å². The standard InChI is InChI=1S/C23H27N3O5S2/c1-16(2)26-15-25(33(29,30)23-13-24-31-17(23)3)14-22(26)20-9-5-7-18(11-20)19-8-6-10-21(12-19)32(4,27)28/h5-13,16,22H,14-15H2,1-4H3. The van der Waals surface area contributed by atoms with E-state index in [0.717, 1.165) is 16.7 Å². The van der Waals surface area contributed by atoms with Crippen LogP contribution in [0.2, 0.25) is 0 Å². The molecule has 0 radical (unpaired) electrons. The van der Waals surface area contributed by atoms with Gasteiger partial charge in [-0.05, 0) is 55.7 Å². The van der Waals surface area contributed by atoms with Crippen LogP contribution in [0.1, 0.15) is 31.2 Å². The van der Waals surface area contributed by atoms with Gasteiger partial charge in [0.15, 0.2) is 15.6 Å². The second-order valence-corrected chi connectivity index (χ2v) is 12.5. The van der Waals surface area contributed by atoms with Crippen molar-refractivity contribution in [1.82, 2.24) is 14.4 Å². The Bertz CT molecular complexity index is 1380. The normalized spacial score (nSPS) is 18.3. The Hall–Kier alpha value is -2.53. The molecule has 0 aliphatic carbocycles. The minimum absolute atomic E-state index is 0.0817. The number of rotatable bonds is 6. The Morgan fingerprint density at radius 3 is 2.30 bits per heavy atom. The minimum atomic E-state index is -3.75. The van der Waals surface area contributed by atoms with Gasteiger partial charge in [-0.1, -0.05) is 35.5 Å². The van der Waals surface area contributed by atoms with E-state index >= 15 is 0 Å². The molecule has 1 unspecified atom stereocenters. The fourth-order valence-electron chi connectivity index (χ4n) is 4.14. The summed E-state index contributed by atoms with van der Waals surface area (Å²) in [5.74, 6) is 0.266. The van der Waals surface area contributed by atoms with E-state index in [1.165, 1.54) is 16.8 Å². The molecule has 33 heavy (non-hydrogen) atoms. The van der Waals surface area contributed by atoms with Crippen molar-refractivity contribution in [1.29, 1.82) is 0 Å². The Morgan fingerprint density at radius 2 is 1.70 bits per heavy atom. The van der Waals surface area contributed by atoms with E-state index in [0.29, 0.717) is 0 Å². The summed E-state index contributed by atoms with van der Waals surface area (Å²) >= 11 is 0. The molecule has 2 heterocycles. The number of hydrogen-bond donors (Lipinski definition) is 0. The van der Waals surface area contributed by atoms with Crippen LogP contribution in [0.4, 0.5) is 0 Å². The van der Waals surface area contributed by atoms with E-state index in [2.05, 4.69) is 10.1 Å². The van der Waals surface area contributed by atoms with Crippen LogP contribution in [0.25, 0.3) is 11.1 Å². The van der Waals surface area contributed by atoms with Crippen LogP contribution in [0.3, 0.4) is 0 Å². The van der Waals surface area contributed by atoms with Gasteiger partial charge in [-0.3, -0.25) is 4.90 Å². The monoisotopic (exact) mass is 489 g/mol. The zero-order valence-corrected chi connectivity index (χ0v) is 20.6. The molecule has 2 aromatic carbocycles. The molecular formula is C23H27N3O5S2. The smallest absolute Gasteiger partial charge is 0.249 e. The van der Waals surface area contributed by atoms with Crippen molar-refractivity contribution in [2.24, 2.45) is 0 Å². The van der Waals surface area contributed by atoms with Gasteiger partial charge in [-0.15, -0.1) is 0 Å². The Labute approximate surface area is 194 Å². The summed E-state index contributed by atoms with van der Waals surface area (Å²) in [6, 6.07) is 14.6. The second-order valence-electron chi connectivity index (χ2n) is 8.58. The molecule has 1 atom stereocenters. The van der Waals surface area contributed by atoms with E-state index in [1.54, 1.807) is 25.1 Å². The van der Waals surface area contributed by atoms with E-state index in [1.807, 2.05) is 44.2 Å². The van der Waals surface area contributed by atoms with Crippen molar-refractivity contribution < 1.29 is 21.4 Å². The van der Waals surface area contributed by atoms with E-state index in [9.17, 15) is 16.8 Å². The second kappa shape index (κ2) is 8.68. The first-order chi connectivity index (χ1) is 15.5. The molecule has 0 spiro atoms. The lowest BCUT2D eigenvalue weighted by atomic mass is 9.99. The van der Waals surface area contributed by atoms with Crippen LogP contribution < -0.4 is 0 Å². The van der Waals surface area contributed by atoms with Gasteiger partial charge < -0.3 is 4.52 Å². The average molecular weight is 490 g/mol. The van der Waals surface area contributed by atoms with Crippen molar-refractivity contribution in [3.05, 3.63) is 66.1 Å². The van der Waals surface area contributed by atoms with Crippen LogP contribution in [0.5, 0.6) is 0 Å². The van der Waals surface area contributed by atoms with Gasteiger partial charge in [-0.2, -0.15) is 4.31 Å². The highest BCUT2D eigenvalue weighted by Gasteiger charge is 2.40.